The van der Waals surface area contributed by atoms with Gasteiger partial charge in [0, 0.05) is 19.1 Å². The van der Waals surface area contributed by atoms with E-state index in [4.69, 9.17) is 4.74 Å². The highest BCUT2D eigenvalue weighted by Gasteiger charge is 2.41. The van der Waals surface area contributed by atoms with Crippen LogP contribution in [0.2, 0.25) is 0 Å². The van der Waals surface area contributed by atoms with Crippen molar-refractivity contribution in [3.8, 4) is 5.75 Å². The molecule has 1 aromatic carbocycles. The molecule has 1 amide bonds. The number of sulfonamides is 1. The average Bonchev–Trinajstić information content (AvgIpc) is 2.89. The fourth-order valence-corrected chi connectivity index (χ4v) is 4.97. The third-order valence-electron chi connectivity index (χ3n) is 4.45. The zero-order valence-electron chi connectivity index (χ0n) is 13.8. The second kappa shape index (κ2) is 6.32. The van der Waals surface area contributed by atoms with E-state index in [1.165, 1.54) is 4.90 Å². The standard InChI is InChI=1S/C15H22N4O4S/c1-9-14(10(2)18-17-9)24(21,22)16-8-13-15(20)19(3)11-6-4-5-7-12(11)23-13/h4-7,9-10,13-14,16-18H,8H2,1-3H3. The highest BCUT2D eigenvalue weighted by atomic mass is 32.2. The van der Waals surface area contributed by atoms with E-state index in [0.29, 0.717) is 11.4 Å². The number of amides is 1. The lowest BCUT2D eigenvalue weighted by molar-refractivity contribution is -0.125. The number of hydrazine groups is 1. The summed E-state index contributed by atoms with van der Waals surface area (Å²) < 4.78 is 33.3. The lowest BCUT2D eigenvalue weighted by Gasteiger charge is -2.32. The Labute approximate surface area is 141 Å². The fourth-order valence-electron chi connectivity index (χ4n) is 3.19. The van der Waals surface area contributed by atoms with Crippen LogP contribution < -0.4 is 25.2 Å². The Morgan fingerprint density at radius 3 is 2.50 bits per heavy atom. The van der Waals surface area contributed by atoms with E-state index in [9.17, 15) is 13.2 Å². The molecule has 0 radical (unpaired) electrons. The monoisotopic (exact) mass is 354 g/mol. The van der Waals surface area contributed by atoms with Crippen molar-refractivity contribution in [2.24, 2.45) is 0 Å². The highest BCUT2D eigenvalue weighted by Crippen LogP contribution is 2.32. The van der Waals surface area contributed by atoms with E-state index < -0.39 is 21.4 Å². The fraction of sp³-hybridized carbons (Fsp3) is 0.533. The molecule has 1 aromatic rings. The maximum absolute atomic E-state index is 12.6. The maximum Gasteiger partial charge on any atom is 0.269 e. The van der Waals surface area contributed by atoms with E-state index in [1.807, 2.05) is 12.1 Å². The van der Waals surface area contributed by atoms with Crippen LogP contribution in [0.15, 0.2) is 24.3 Å². The Bertz CT molecular complexity index is 729. The molecule has 2 aliphatic rings. The van der Waals surface area contributed by atoms with Crippen LogP contribution in [0, 0.1) is 0 Å². The summed E-state index contributed by atoms with van der Waals surface area (Å²) in [6.45, 7) is 3.50. The Morgan fingerprint density at radius 2 is 1.83 bits per heavy atom. The van der Waals surface area contributed by atoms with Gasteiger partial charge < -0.3 is 9.64 Å². The lowest BCUT2D eigenvalue weighted by Crippen LogP contribution is -2.52. The molecule has 3 unspecified atom stereocenters. The average molecular weight is 354 g/mol. The van der Waals surface area contributed by atoms with E-state index in [-0.39, 0.29) is 24.5 Å². The number of anilines is 1. The molecule has 0 bridgehead atoms. The van der Waals surface area contributed by atoms with Gasteiger partial charge in [-0.15, -0.1) is 0 Å². The van der Waals surface area contributed by atoms with Crippen LogP contribution in [-0.4, -0.2) is 51.4 Å². The van der Waals surface area contributed by atoms with Crippen LogP contribution in [-0.2, 0) is 14.8 Å². The SMILES string of the molecule is CC1NNC(C)C1S(=O)(=O)NCC1Oc2ccccc2N(C)C1=O. The third-order valence-corrected chi connectivity index (χ3v) is 6.56. The van der Waals surface area contributed by atoms with Gasteiger partial charge in [0.15, 0.2) is 6.10 Å². The second-order valence-corrected chi connectivity index (χ2v) is 8.12. The summed E-state index contributed by atoms with van der Waals surface area (Å²) >= 11 is 0. The van der Waals surface area contributed by atoms with Crippen molar-refractivity contribution in [3.63, 3.8) is 0 Å². The van der Waals surface area contributed by atoms with Gasteiger partial charge in [-0.2, -0.15) is 0 Å². The first-order valence-corrected chi connectivity index (χ1v) is 9.38. The van der Waals surface area contributed by atoms with Gasteiger partial charge in [-0.05, 0) is 26.0 Å². The van der Waals surface area contributed by atoms with Gasteiger partial charge in [-0.1, -0.05) is 12.1 Å². The maximum atomic E-state index is 12.6. The zero-order chi connectivity index (χ0) is 17.5. The number of rotatable bonds is 4. The summed E-state index contributed by atoms with van der Waals surface area (Å²) in [5.41, 5.74) is 6.51. The minimum atomic E-state index is -3.60. The molecule has 2 heterocycles. The smallest absolute Gasteiger partial charge is 0.269 e. The number of carbonyl (C=O) groups excluding carboxylic acids is 1. The molecule has 8 nitrogen and oxygen atoms in total. The van der Waals surface area contributed by atoms with Crippen LogP contribution in [0.5, 0.6) is 5.75 Å². The van der Waals surface area contributed by atoms with Crippen molar-refractivity contribution in [3.05, 3.63) is 24.3 Å². The topological polar surface area (TPSA) is 99.8 Å². The number of para-hydroxylation sites is 2. The summed E-state index contributed by atoms with van der Waals surface area (Å²) in [5, 5.41) is -0.624. The number of hydrogen-bond acceptors (Lipinski definition) is 6. The van der Waals surface area contributed by atoms with E-state index in [2.05, 4.69) is 15.6 Å². The van der Waals surface area contributed by atoms with Crippen LogP contribution in [0.25, 0.3) is 0 Å². The first kappa shape index (κ1) is 17.2. The molecule has 0 spiro atoms. The molecule has 2 aliphatic heterocycles. The molecule has 132 valence electrons. The van der Waals surface area contributed by atoms with E-state index in [0.717, 1.165) is 0 Å². The number of fused-ring (bicyclic) bond motifs is 1. The summed E-state index contributed by atoms with van der Waals surface area (Å²) in [5.74, 6) is 0.287. The molecule has 3 atom stereocenters. The molecular weight excluding hydrogens is 332 g/mol. The van der Waals surface area contributed by atoms with Gasteiger partial charge in [0.2, 0.25) is 10.0 Å². The van der Waals surface area contributed by atoms with E-state index in [1.54, 1.807) is 33.0 Å². The number of carbonyl (C=O) groups is 1. The van der Waals surface area contributed by atoms with Crippen molar-refractivity contribution in [2.45, 2.75) is 37.3 Å². The first-order chi connectivity index (χ1) is 11.3. The summed E-state index contributed by atoms with van der Waals surface area (Å²) in [4.78, 5) is 13.9. The molecule has 3 N–H and O–H groups in total. The second-order valence-electron chi connectivity index (χ2n) is 6.20. The molecule has 24 heavy (non-hydrogen) atoms. The summed E-state index contributed by atoms with van der Waals surface area (Å²) in [7, 11) is -1.95. The molecule has 3 rings (SSSR count). The van der Waals surface area contributed by atoms with Crippen LogP contribution >= 0.6 is 0 Å². The van der Waals surface area contributed by atoms with E-state index >= 15 is 0 Å². The Balaban J connectivity index is 1.72. The predicted molar refractivity (Wildman–Crippen MR) is 90.2 cm³/mol. The molecule has 0 aromatic heterocycles. The molecule has 0 aliphatic carbocycles. The van der Waals surface area contributed by atoms with Gasteiger partial charge in [-0.3, -0.25) is 15.6 Å². The van der Waals surface area contributed by atoms with Crippen LogP contribution in [0.1, 0.15) is 13.8 Å². The van der Waals surface area contributed by atoms with Crippen molar-refractivity contribution in [2.75, 3.05) is 18.5 Å². The van der Waals surface area contributed by atoms with Gasteiger partial charge in [0.1, 0.15) is 11.0 Å². The zero-order valence-corrected chi connectivity index (χ0v) is 14.6. The number of hydrogen-bond donors (Lipinski definition) is 3. The molecule has 9 heteroatoms. The van der Waals surface area contributed by atoms with Crippen LogP contribution in [0.4, 0.5) is 5.69 Å². The van der Waals surface area contributed by atoms with Crippen molar-refractivity contribution in [1.29, 1.82) is 0 Å². The number of nitrogens with zero attached hydrogens (tertiary/aromatic N) is 1. The van der Waals surface area contributed by atoms with Crippen molar-refractivity contribution >= 4 is 21.6 Å². The van der Waals surface area contributed by atoms with Gasteiger partial charge in [0.25, 0.3) is 5.91 Å². The minimum Gasteiger partial charge on any atom is -0.477 e. The largest absolute Gasteiger partial charge is 0.477 e. The van der Waals surface area contributed by atoms with Crippen molar-refractivity contribution in [1.82, 2.24) is 15.6 Å². The van der Waals surface area contributed by atoms with Gasteiger partial charge >= 0.3 is 0 Å². The molecular formula is C15H22N4O4S. The predicted octanol–water partition coefficient (Wildman–Crippen LogP) is -0.417. The number of nitrogens with one attached hydrogen (secondary N) is 3. The molecule has 0 saturated carbocycles. The lowest BCUT2D eigenvalue weighted by atomic mass is 10.2. The van der Waals surface area contributed by atoms with Gasteiger partial charge in [-0.25, -0.2) is 13.1 Å². The summed E-state index contributed by atoms with van der Waals surface area (Å²) in [6, 6.07) is 6.70. The number of likely N-dealkylation sites (N-methyl/N-ethyl adjacent to an activating group) is 1. The number of ether oxygens (including phenoxy) is 1. The Kier molecular flexibility index (Phi) is 4.52. The highest BCUT2D eigenvalue weighted by molar-refractivity contribution is 7.90. The first-order valence-electron chi connectivity index (χ1n) is 7.84. The third kappa shape index (κ3) is 3.00. The summed E-state index contributed by atoms with van der Waals surface area (Å²) in [6.07, 6.45) is -0.882. The molecule has 1 fully saturated rings. The Morgan fingerprint density at radius 1 is 1.21 bits per heavy atom. The number of benzene rings is 1. The minimum absolute atomic E-state index is 0.101. The van der Waals surface area contributed by atoms with Gasteiger partial charge in [0.05, 0.1) is 12.2 Å². The Hall–Kier alpha value is -1.68. The normalized spacial score (nSPS) is 30.1. The molecule has 1 saturated heterocycles. The van der Waals surface area contributed by atoms with Crippen molar-refractivity contribution < 1.29 is 17.9 Å². The van der Waals surface area contributed by atoms with Crippen LogP contribution in [0.3, 0.4) is 0 Å². The quantitative estimate of drug-likeness (QED) is 0.679.